The quantitative estimate of drug-likeness (QED) is 0.556. The van der Waals surface area contributed by atoms with Crippen molar-refractivity contribution in [2.24, 2.45) is 7.05 Å². The lowest BCUT2D eigenvalue weighted by Crippen LogP contribution is -2.20. The molecule has 1 aliphatic rings. The summed E-state index contributed by atoms with van der Waals surface area (Å²) in [6.07, 6.45) is 2.81. The molecular formula is C7H9N3O. The minimum atomic E-state index is -0.196. The van der Waals surface area contributed by atoms with Gasteiger partial charge in [0.2, 0.25) is 0 Å². The van der Waals surface area contributed by atoms with Crippen molar-refractivity contribution >= 4 is 5.82 Å². The minimum absolute atomic E-state index is 0.196. The summed E-state index contributed by atoms with van der Waals surface area (Å²) in [7, 11) is 1.72. The van der Waals surface area contributed by atoms with Gasteiger partial charge in [-0.25, -0.2) is 4.79 Å². The number of nitrogens with one attached hydrogen (secondary N) is 1. The van der Waals surface area contributed by atoms with E-state index in [1.165, 1.54) is 4.57 Å². The van der Waals surface area contributed by atoms with Gasteiger partial charge in [-0.05, 0) is 6.42 Å². The van der Waals surface area contributed by atoms with E-state index in [1.54, 1.807) is 7.05 Å². The number of aryl methyl sites for hydroxylation is 1. The van der Waals surface area contributed by atoms with E-state index in [0.29, 0.717) is 0 Å². The number of hydrogen-bond donors (Lipinski definition) is 1. The molecule has 0 atom stereocenters. The number of hydrogen-bond acceptors (Lipinski definition) is 3. The van der Waals surface area contributed by atoms with Crippen LogP contribution in [0.4, 0.5) is 5.82 Å². The van der Waals surface area contributed by atoms with E-state index in [-0.39, 0.29) is 5.69 Å². The van der Waals surface area contributed by atoms with Crippen LogP contribution in [0.3, 0.4) is 0 Å². The number of rotatable bonds is 0. The molecule has 1 aromatic heterocycles. The fraction of sp³-hybridized carbons (Fsp3) is 0.429. The molecule has 1 aromatic rings. The zero-order chi connectivity index (χ0) is 7.84. The second kappa shape index (κ2) is 2.08. The summed E-state index contributed by atoms with van der Waals surface area (Å²) in [4.78, 5) is 14.8. The molecule has 0 aromatic carbocycles. The topological polar surface area (TPSA) is 46.9 Å². The first-order valence-corrected chi connectivity index (χ1v) is 3.58. The van der Waals surface area contributed by atoms with Gasteiger partial charge in [0.1, 0.15) is 5.82 Å². The molecule has 0 saturated carbocycles. The Morgan fingerprint density at radius 2 is 2.55 bits per heavy atom. The monoisotopic (exact) mass is 151 g/mol. The summed E-state index contributed by atoms with van der Waals surface area (Å²) in [5.41, 5.74) is 0.935. The molecule has 0 radical (unpaired) electrons. The van der Waals surface area contributed by atoms with Crippen molar-refractivity contribution in [3.8, 4) is 0 Å². The Balaban J connectivity index is 2.66. The number of anilines is 1. The van der Waals surface area contributed by atoms with Gasteiger partial charge in [-0.1, -0.05) is 0 Å². The lowest BCUT2D eigenvalue weighted by molar-refractivity contribution is 0.805. The third-order valence-electron chi connectivity index (χ3n) is 1.85. The average molecular weight is 151 g/mol. The molecule has 0 aliphatic carbocycles. The molecule has 0 amide bonds. The van der Waals surface area contributed by atoms with E-state index < -0.39 is 0 Å². The average Bonchev–Trinajstić information content (AvgIpc) is 2.36. The highest BCUT2D eigenvalue weighted by atomic mass is 16.1. The fourth-order valence-electron chi connectivity index (χ4n) is 1.25. The summed E-state index contributed by atoms with van der Waals surface area (Å²) in [5.74, 6) is 0.758. The summed E-state index contributed by atoms with van der Waals surface area (Å²) in [6, 6.07) is 0. The first-order chi connectivity index (χ1) is 5.27. The Hall–Kier alpha value is -1.32. The lowest BCUT2D eigenvalue weighted by atomic mass is 10.3. The zero-order valence-electron chi connectivity index (χ0n) is 6.29. The molecule has 1 aliphatic heterocycles. The normalized spacial score (nSPS) is 14.3. The minimum Gasteiger partial charge on any atom is -0.369 e. The van der Waals surface area contributed by atoms with Gasteiger partial charge in [0.25, 0.3) is 0 Å². The predicted molar refractivity (Wildman–Crippen MR) is 41.7 cm³/mol. The molecule has 58 valence electrons. The summed E-state index contributed by atoms with van der Waals surface area (Å²) in [6.45, 7) is 0.895. The van der Waals surface area contributed by atoms with Crippen LogP contribution in [0.5, 0.6) is 0 Å². The highest BCUT2D eigenvalue weighted by Gasteiger charge is 2.11. The van der Waals surface area contributed by atoms with E-state index in [4.69, 9.17) is 0 Å². The van der Waals surface area contributed by atoms with E-state index in [1.807, 2.05) is 6.20 Å². The van der Waals surface area contributed by atoms with Gasteiger partial charge in [-0.15, -0.1) is 0 Å². The summed E-state index contributed by atoms with van der Waals surface area (Å²) >= 11 is 0. The van der Waals surface area contributed by atoms with Gasteiger partial charge in [-0.2, -0.15) is 4.98 Å². The van der Waals surface area contributed by atoms with Crippen molar-refractivity contribution in [2.45, 2.75) is 6.42 Å². The van der Waals surface area contributed by atoms with Gasteiger partial charge in [-0.3, -0.25) is 0 Å². The van der Waals surface area contributed by atoms with Crippen molar-refractivity contribution in [3.05, 3.63) is 22.2 Å². The van der Waals surface area contributed by atoms with Gasteiger partial charge in [0.15, 0.2) is 0 Å². The molecule has 4 nitrogen and oxygen atoms in total. The molecule has 0 fully saturated rings. The van der Waals surface area contributed by atoms with E-state index in [9.17, 15) is 4.79 Å². The molecule has 2 rings (SSSR count). The van der Waals surface area contributed by atoms with Crippen molar-refractivity contribution in [2.75, 3.05) is 11.9 Å². The van der Waals surface area contributed by atoms with Crippen LogP contribution in [0.1, 0.15) is 5.56 Å². The van der Waals surface area contributed by atoms with Crippen LogP contribution in [0.2, 0.25) is 0 Å². The molecule has 4 heteroatoms. The zero-order valence-corrected chi connectivity index (χ0v) is 6.29. The van der Waals surface area contributed by atoms with Crippen molar-refractivity contribution in [1.82, 2.24) is 9.55 Å². The third-order valence-corrected chi connectivity index (χ3v) is 1.85. The Bertz CT molecular complexity index is 342. The lowest BCUT2D eigenvalue weighted by Gasteiger charge is -1.99. The molecule has 0 saturated heterocycles. The van der Waals surface area contributed by atoms with Crippen LogP contribution in [0.15, 0.2) is 11.0 Å². The van der Waals surface area contributed by atoms with Crippen molar-refractivity contribution < 1.29 is 0 Å². The highest BCUT2D eigenvalue weighted by Crippen LogP contribution is 2.15. The van der Waals surface area contributed by atoms with Crippen molar-refractivity contribution in [1.29, 1.82) is 0 Å². The van der Waals surface area contributed by atoms with E-state index in [2.05, 4.69) is 10.3 Å². The van der Waals surface area contributed by atoms with E-state index in [0.717, 1.165) is 24.3 Å². The smallest absolute Gasteiger partial charge is 0.349 e. The first kappa shape index (κ1) is 6.39. The van der Waals surface area contributed by atoms with Crippen LogP contribution < -0.4 is 11.0 Å². The van der Waals surface area contributed by atoms with Crippen LogP contribution in [0.25, 0.3) is 0 Å². The molecule has 1 N–H and O–H groups in total. The Labute approximate surface area is 63.9 Å². The largest absolute Gasteiger partial charge is 0.369 e. The Kier molecular flexibility index (Phi) is 1.21. The summed E-state index contributed by atoms with van der Waals surface area (Å²) < 4.78 is 1.51. The SMILES string of the molecule is Cn1cc2c(nc1=O)NCC2. The van der Waals surface area contributed by atoms with Gasteiger partial charge in [0.05, 0.1) is 0 Å². The number of fused-ring (bicyclic) bond motifs is 1. The summed E-state index contributed by atoms with van der Waals surface area (Å²) in [5, 5.41) is 3.04. The third kappa shape index (κ3) is 0.906. The van der Waals surface area contributed by atoms with Crippen molar-refractivity contribution in [3.63, 3.8) is 0 Å². The van der Waals surface area contributed by atoms with Gasteiger partial charge >= 0.3 is 5.69 Å². The second-order valence-corrected chi connectivity index (χ2v) is 2.69. The Morgan fingerprint density at radius 3 is 3.36 bits per heavy atom. The van der Waals surface area contributed by atoms with Gasteiger partial charge in [0, 0.05) is 25.4 Å². The molecule has 0 spiro atoms. The van der Waals surface area contributed by atoms with Crippen LogP contribution in [-0.4, -0.2) is 16.1 Å². The standard InChI is InChI=1S/C7H9N3O/c1-10-4-5-2-3-8-6(5)9-7(10)11/h4H,2-3H2,1H3,(H,8,9,11). The van der Waals surface area contributed by atoms with Crippen LogP contribution in [0, 0.1) is 0 Å². The van der Waals surface area contributed by atoms with E-state index >= 15 is 0 Å². The molecule has 0 bridgehead atoms. The first-order valence-electron chi connectivity index (χ1n) is 3.58. The van der Waals surface area contributed by atoms with Gasteiger partial charge < -0.3 is 9.88 Å². The highest BCUT2D eigenvalue weighted by molar-refractivity contribution is 5.46. The maximum absolute atomic E-state index is 11.0. The molecule has 11 heavy (non-hydrogen) atoms. The Morgan fingerprint density at radius 1 is 1.73 bits per heavy atom. The van der Waals surface area contributed by atoms with Crippen LogP contribution >= 0.6 is 0 Å². The number of nitrogens with zero attached hydrogens (tertiary/aromatic N) is 2. The number of aromatic nitrogens is 2. The maximum atomic E-state index is 11.0. The molecular weight excluding hydrogens is 142 g/mol. The maximum Gasteiger partial charge on any atom is 0.349 e. The second-order valence-electron chi connectivity index (χ2n) is 2.69. The van der Waals surface area contributed by atoms with Crippen LogP contribution in [-0.2, 0) is 13.5 Å². The molecule has 2 heterocycles. The predicted octanol–water partition coefficient (Wildman–Crippen LogP) is -0.252. The fourth-order valence-corrected chi connectivity index (χ4v) is 1.25. The molecule has 0 unspecified atom stereocenters.